The lowest BCUT2D eigenvalue weighted by atomic mass is 9.99. The summed E-state index contributed by atoms with van der Waals surface area (Å²) in [6.07, 6.45) is 5.60. The summed E-state index contributed by atoms with van der Waals surface area (Å²) in [4.78, 5) is 25.7. The number of anilines is 3. The second kappa shape index (κ2) is 7.31. The first-order valence-corrected chi connectivity index (χ1v) is 10.7. The zero-order chi connectivity index (χ0) is 20.9. The smallest absolute Gasteiger partial charge is 0.228 e. The standard InChI is InChI=1S/C21H30N8O/c1-14-12-30-9-8-28(14)20-25-17(15-10-23-19(22)24-11-15)16-4-6-29(18(16)26-20)21(2)5-7-27(3)13-21/h10-11,14H,4-9,12-13H2,1-3H3,(H2,22,23,24)/t14-,21-/m0/s1. The second-order valence-corrected chi connectivity index (χ2v) is 9.01. The van der Waals surface area contributed by atoms with E-state index in [0.29, 0.717) is 13.2 Å². The van der Waals surface area contributed by atoms with Gasteiger partial charge in [-0.05, 0) is 33.7 Å². The Bertz CT molecular complexity index is 935. The zero-order valence-electron chi connectivity index (χ0n) is 18.0. The van der Waals surface area contributed by atoms with Gasteiger partial charge in [0.15, 0.2) is 0 Å². The Labute approximate surface area is 177 Å². The number of hydrogen-bond donors (Lipinski definition) is 1. The van der Waals surface area contributed by atoms with Crippen LogP contribution in [0.3, 0.4) is 0 Å². The summed E-state index contributed by atoms with van der Waals surface area (Å²) in [7, 11) is 2.19. The minimum Gasteiger partial charge on any atom is -0.377 e. The highest BCUT2D eigenvalue weighted by molar-refractivity contribution is 5.73. The van der Waals surface area contributed by atoms with Gasteiger partial charge in [-0.2, -0.15) is 4.98 Å². The van der Waals surface area contributed by atoms with E-state index in [-0.39, 0.29) is 17.5 Å². The molecule has 30 heavy (non-hydrogen) atoms. The fourth-order valence-electron chi connectivity index (χ4n) is 5.01. The van der Waals surface area contributed by atoms with E-state index in [1.54, 1.807) is 12.4 Å². The van der Waals surface area contributed by atoms with Crippen LogP contribution in [0.4, 0.5) is 17.7 Å². The van der Waals surface area contributed by atoms with Gasteiger partial charge in [-0.3, -0.25) is 0 Å². The van der Waals surface area contributed by atoms with Gasteiger partial charge in [-0.15, -0.1) is 0 Å². The Kier molecular flexibility index (Phi) is 4.74. The van der Waals surface area contributed by atoms with Crippen LogP contribution in [0.25, 0.3) is 11.3 Å². The number of nitrogen functional groups attached to an aromatic ring is 1. The van der Waals surface area contributed by atoms with E-state index < -0.39 is 0 Å². The molecule has 160 valence electrons. The van der Waals surface area contributed by atoms with Crippen LogP contribution >= 0.6 is 0 Å². The Hall–Kier alpha value is -2.52. The van der Waals surface area contributed by atoms with Gasteiger partial charge in [0.05, 0.1) is 30.5 Å². The summed E-state index contributed by atoms with van der Waals surface area (Å²) in [5, 5.41) is 0. The van der Waals surface area contributed by atoms with Gasteiger partial charge in [0.1, 0.15) is 5.82 Å². The quantitative estimate of drug-likeness (QED) is 0.800. The molecule has 5 rings (SSSR count). The van der Waals surface area contributed by atoms with E-state index in [0.717, 1.165) is 62.0 Å². The third-order valence-electron chi connectivity index (χ3n) is 6.68. The molecule has 0 amide bonds. The Morgan fingerprint density at radius 1 is 1.17 bits per heavy atom. The van der Waals surface area contributed by atoms with E-state index in [1.807, 2.05) is 0 Å². The largest absolute Gasteiger partial charge is 0.377 e. The average molecular weight is 411 g/mol. The number of aromatic nitrogens is 4. The third kappa shape index (κ3) is 3.26. The molecule has 0 unspecified atom stereocenters. The van der Waals surface area contributed by atoms with Gasteiger partial charge in [-0.25, -0.2) is 15.0 Å². The van der Waals surface area contributed by atoms with Crippen molar-refractivity contribution in [3.8, 4) is 11.3 Å². The number of likely N-dealkylation sites (N-methyl/N-ethyl adjacent to an activating group) is 1. The highest BCUT2D eigenvalue weighted by Gasteiger charge is 2.42. The van der Waals surface area contributed by atoms with Crippen molar-refractivity contribution in [2.75, 3.05) is 62.0 Å². The maximum atomic E-state index is 5.73. The lowest BCUT2D eigenvalue weighted by Gasteiger charge is -2.38. The normalized spacial score (nSPS) is 27.0. The number of nitrogens with zero attached hydrogens (tertiary/aromatic N) is 7. The van der Waals surface area contributed by atoms with E-state index in [4.69, 9.17) is 20.4 Å². The third-order valence-corrected chi connectivity index (χ3v) is 6.68. The molecular weight excluding hydrogens is 380 g/mol. The number of rotatable bonds is 3. The summed E-state index contributed by atoms with van der Waals surface area (Å²) in [6.45, 7) is 9.80. The van der Waals surface area contributed by atoms with Crippen molar-refractivity contribution in [3.05, 3.63) is 18.0 Å². The lowest BCUT2D eigenvalue weighted by Crippen LogP contribution is -2.48. The number of morpholine rings is 1. The monoisotopic (exact) mass is 410 g/mol. The molecule has 2 atom stereocenters. The van der Waals surface area contributed by atoms with Crippen molar-refractivity contribution in [2.45, 2.75) is 38.3 Å². The van der Waals surface area contributed by atoms with E-state index in [1.165, 1.54) is 5.56 Å². The molecule has 2 saturated heterocycles. The first kappa shape index (κ1) is 19.4. The molecule has 3 aliphatic heterocycles. The van der Waals surface area contributed by atoms with Gasteiger partial charge in [0, 0.05) is 49.7 Å². The number of fused-ring (bicyclic) bond motifs is 1. The summed E-state index contributed by atoms with van der Waals surface area (Å²) >= 11 is 0. The number of nitrogens with two attached hydrogens (primary N) is 1. The van der Waals surface area contributed by atoms with Gasteiger partial charge in [0.2, 0.25) is 11.9 Å². The fourth-order valence-corrected chi connectivity index (χ4v) is 5.01. The first-order chi connectivity index (χ1) is 14.4. The van der Waals surface area contributed by atoms with E-state index >= 15 is 0 Å². The molecule has 0 spiro atoms. The molecule has 0 saturated carbocycles. The van der Waals surface area contributed by atoms with Crippen LogP contribution in [0, 0.1) is 0 Å². The van der Waals surface area contributed by atoms with Crippen LogP contribution in [-0.2, 0) is 11.2 Å². The molecule has 0 aliphatic carbocycles. The first-order valence-electron chi connectivity index (χ1n) is 10.7. The van der Waals surface area contributed by atoms with E-state index in [2.05, 4.69) is 45.6 Å². The molecule has 2 aromatic heterocycles. The van der Waals surface area contributed by atoms with Crippen LogP contribution in [0.5, 0.6) is 0 Å². The van der Waals surface area contributed by atoms with Crippen LogP contribution < -0.4 is 15.5 Å². The predicted octanol–water partition coefficient (Wildman–Crippen LogP) is 1.20. The van der Waals surface area contributed by atoms with Crippen molar-refractivity contribution in [1.29, 1.82) is 0 Å². The summed E-state index contributed by atoms with van der Waals surface area (Å²) in [5.41, 5.74) is 8.80. The van der Waals surface area contributed by atoms with Crippen LogP contribution in [-0.4, -0.2) is 82.9 Å². The van der Waals surface area contributed by atoms with E-state index in [9.17, 15) is 0 Å². The van der Waals surface area contributed by atoms with Crippen LogP contribution in [0.1, 0.15) is 25.8 Å². The number of likely N-dealkylation sites (tertiary alicyclic amines) is 1. The topological polar surface area (TPSA) is 96.5 Å². The maximum absolute atomic E-state index is 5.73. The minimum atomic E-state index is 0.0805. The maximum Gasteiger partial charge on any atom is 0.228 e. The SMILES string of the molecule is C[C@H]1COCCN1c1nc(-c2cnc(N)nc2)c2c(n1)N([C@@]1(C)CCN(C)C1)CC2. The molecule has 5 heterocycles. The minimum absolute atomic E-state index is 0.0805. The lowest BCUT2D eigenvalue weighted by molar-refractivity contribution is 0.0981. The second-order valence-electron chi connectivity index (χ2n) is 9.01. The van der Waals surface area contributed by atoms with Gasteiger partial charge in [-0.1, -0.05) is 0 Å². The van der Waals surface area contributed by atoms with Crippen molar-refractivity contribution in [1.82, 2.24) is 24.8 Å². The average Bonchev–Trinajstić information content (AvgIpc) is 3.32. The highest BCUT2D eigenvalue weighted by Crippen LogP contribution is 2.41. The van der Waals surface area contributed by atoms with Crippen LogP contribution in [0.2, 0.25) is 0 Å². The molecule has 0 radical (unpaired) electrons. The van der Waals surface area contributed by atoms with Gasteiger partial charge < -0.3 is 25.2 Å². The molecule has 2 aromatic rings. The predicted molar refractivity (Wildman–Crippen MR) is 117 cm³/mol. The van der Waals surface area contributed by atoms with Crippen molar-refractivity contribution >= 4 is 17.7 Å². The van der Waals surface area contributed by atoms with Crippen molar-refractivity contribution < 1.29 is 4.74 Å². The summed E-state index contributed by atoms with van der Waals surface area (Å²) in [6, 6.07) is 0.232. The van der Waals surface area contributed by atoms with Gasteiger partial charge in [0.25, 0.3) is 0 Å². The highest BCUT2D eigenvalue weighted by atomic mass is 16.5. The molecule has 2 fully saturated rings. The molecule has 2 N–H and O–H groups in total. The molecule has 9 heteroatoms. The Balaban J connectivity index is 1.63. The van der Waals surface area contributed by atoms with Gasteiger partial charge >= 0.3 is 0 Å². The summed E-state index contributed by atoms with van der Waals surface area (Å²) in [5.74, 6) is 2.09. The number of hydrogen-bond acceptors (Lipinski definition) is 9. The molecule has 0 bridgehead atoms. The summed E-state index contributed by atoms with van der Waals surface area (Å²) < 4.78 is 5.64. The molecule has 9 nitrogen and oxygen atoms in total. The molecule has 3 aliphatic rings. The molecular formula is C21H30N8O. The molecule has 0 aromatic carbocycles. The Morgan fingerprint density at radius 2 is 1.97 bits per heavy atom. The zero-order valence-corrected chi connectivity index (χ0v) is 18.0. The Morgan fingerprint density at radius 3 is 2.67 bits per heavy atom. The van der Waals surface area contributed by atoms with Crippen molar-refractivity contribution in [2.24, 2.45) is 0 Å². The van der Waals surface area contributed by atoms with Crippen LogP contribution in [0.15, 0.2) is 12.4 Å². The fraction of sp³-hybridized carbons (Fsp3) is 0.619. The van der Waals surface area contributed by atoms with Crippen molar-refractivity contribution in [3.63, 3.8) is 0 Å². The number of ether oxygens (including phenoxy) is 1.